The third-order valence-corrected chi connectivity index (χ3v) is 4.22. The molecule has 0 saturated carbocycles. The predicted molar refractivity (Wildman–Crippen MR) is 90.2 cm³/mol. The number of methoxy groups -OCH3 is 1. The van der Waals surface area contributed by atoms with Crippen molar-refractivity contribution in [1.82, 2.24) is 0 Å². The van der Waals surface area contributed by atoms with Crippen LogP contribution in [0.3, 0.4) is 0 Å². The Morgan fingerprint density at radius 3 is 2.41 bits per heavy atom. The maximum Gasteiger partial charge on any atom is 0.122 e. The van der Waals surface area contributed by atoms with Crippen LogP contribution in [-0.2, 0) is 6.42 Å². The first kappa shape index (κ1) is 16.8. The molecule has 0 aromatic heterocycles. The summed E-state index contributed by atoms with van der Waals surface area (Å²) in [5.74, 6) is 0.949. The Morgan fingerprint density at radius 1 is 1.14 bits per heavy atom. The monoisotopic (exact) mass is 319 g/mol. The number of aliphatic hydroxyl groups excluding tert-OH is 1. The third-order valence-electron chi connectivity index (χ3n) is 3.97. The molecular weight excluding hydrogens is 298 g/mol. The van der Waals surface area contributed by atoms with Crippen LogP contribution in [0.2, 0.25) is 5.02 Å². The summed E-state index contributed by atoms with van der Waals surface area (Å²) >= 11 is 5.87. The second kappa shape index (κ2) is 7.63. The fourth-order valence-corrected chi connectivity index (χ4v) is 2.67. The second-order valence-corrected chi connectivity index (χ2v) is 6.00. The van der Waals surface area contributed by atoms with Crippen molar-refractivity contribution in [1.29, 1.82) is 0 Å². The molecule has 0 aliphatic rings. The van der Waals surface area contributed by atoms with Gasteiger partial charge in [0.15, 0.2) is 0 Å². The minimum atomic E-state index is -0.720. The van der Waals surface area contributed by atoms with E-state index in [1.165, 1.54) is 0 Å². The summed E-state index contributed by atoms with van der Waals surface area (Å²) in [4.78, 5) is 0. The lowest BCUT2D eigenvalue weighted by Gasteiger charge is -2.26. The van der Waals surface area contributed by atoms with Crippen LogP contribution in [0.25, 0.3) is 0 Å². The Labute approximate surface area is 136 Å². The summed E-state index contributed by atoms with van der Waals surface area (Å²) in [6.07, 6.45) is 0.0255. The SMILES string of the molecule is COc1ccccc1CC(C)[C@@H](N)[C@H](O)c1ccc(Cl)cc1. The fraction of sp³-hybridized carbons (Fsp3) is 0.333. The van der Waals surface area contributed by atoms with E-state index in [0.29, 0.717) is 5.02 Å². The van der Waals surface area contributed by atoms with E-state index in [-0.39, 0.29) is 12.0 Å². The fourth-order valence-electron chi connectivity index (χ4n) is 2.55. The van der Waals surface area contributed by atoms with Crippen LogP contribution in [0.4, 0.5) is 0 Å². The molecule has 2 aromatic rings. The Morgan fingerprint density at radius 2 is 1.77 bits per heavy atom. The molecule has 0 amide bonds. The molecule has 1 unspecified atom stereocenters. The molecule has 0 heterocycles. The van der Waals surface area contributed by atoms with Crippen molar-refractivity contribution >= 4 is 11.6 Å². The van der Waals surface area contributed by atoms with Gasteiger partial charge in [-0.25, -0.2) is 0 Å². The molecule has 2 rings (SSSR count). The molecule has 0 fully saturated rings. The van der Waals surface area contributed by atoms with Gasteiger partial charge in [0.2, 0.25) is 0 Å². The van der Waals surface area contributed by atoms with Crippen LogP contribution in [0.5, 0.6) is 5.75 Å². The minimum absolute atomic E-state index is 0.0991. The van der Waals surface area contributed by atoms with E-state index in [9.17, 15) is 5.11 Å². The molecule has 0 aliphatic carbocycles. The number of hydrogen-bond acceptors (Lipinski definition) is 3. The number of benzene rings is 2. The van der Waals surface area contributed by atoms with Gasteiger partial charge < -0.3 is 15.6 Å². The predicted octanol–water partition coefficient (Wildman–Crippen LogP) is 3.59. The highest BCUT2D eigenvalue weighted by atomic mass is 35.5. The second-order valence-electron chi connectivity index (χ2n) is 5.57. The highest BCUT2D eigenvalue weighted by Gasteiger charge is 2.23. The molecule has 118 valence electrons. The summed E-state index contributed by atoms with van der Waals surface area (Å²) in [6, 6.07) is 14.6. The lowest BCUT2D eigenvalue weighted by molar-refractivity contribution is 0.121. The van der Waals surface area contributed by atoms with Crippen LogP contribution in [0.15, 0.2) is 48.5 Å². The van der Waals surface area contributed by atoms with Crippen LogP contribution < -0.4 is 10.5 Å². The zero-order valence-electron chi connectivity index (χ0n) is 12.9. The van der Waals surface area contributed by atoms with E-state index in [4.69, 9.17) is 22.1 Å². The number of aliphatic hydroxyl groups is 1. The van der Waals surface area contributed by atoms with Gasteiger partial charge in [-0.15, -0.1) is 0 Å². The molecule has 3 N–H and O–H groups in total. The van der Waals surface area contributed by atoms with Gasteiger partial charge in [-0.3, -0.25) is 0 Å². The van der Waals surface area contributed by atoms with E-state index in [1.54, 1.807) is 19.2 Å². The Hall–Kier alpha value is -1.55. The normalized spacial score (nSPS) is 15.1. The summed E-state index contributed by atoms with van der Waals surface area (Å²) in [5.41, 5.74) is 8.12. The number of hydrogen-bond donors (Lipinski definition) is 2. The molecule has 4 heteroatoms. The average molecular weight is 320 g/mol. The number of halogens is 1. The van der Waals surface area contributed by atoms with Crippen molar-refractivity contribution in [3.05, 3.63) is 64.7 Å². The molecule has 0 aliphatic heterocycles. The standard InChI is InChI=1S/C18H22ClNO2/c1-12(11-14-5-3-4-6-16(14)22-2)17(20)18(21)13-7-9-15(19)10-8-13/h3-10,12,17-18,21H,11,20H2,1-2H3/t12?,17-,18-/m1/s1. The van der Waals surface area contributed by atoms with Gasteiger partial charge in [-0.1, -0.05) is 48.9 Å². The molecule has 22 heavy (non-hydrogen) atoms. The van der Waals surface area contributed by atoms with E-state index >= 15 is 0 Å². The van der Waals surface area contributed by atoms with Crippen molar-refractivity contribution in [2.45, 2.75) is 25.5 Å². The highest BCUT2D eigenvalue weighted by Crippen LogP contribution is 2.27. The van der Waals surface area contributed by atoms with Gasteiger partial charge in [-0.2, -0.15) is 0 Å². The number of ether oxygens (including phenoxy) is 1. The van der Waals surface area contributed by atoms with Crippen LogP contribution in [0, 0.1) is 5.92 Å². The number of nitrogens with two attached hydrogens (primary N) is 1. The molecule has 0 saturated heterocycles. The highest BCUT2D eigenvalue weighted by molar-refractivity contribution is 6.30. The topological polar surface area (TPSA) is 55.5 Å². The first-order chi connectivity index (χ1) is 10.5. The van der Waals surface area contributed by atoms with Crippen LogP contribution >= 0.6 is 11.6 Å². The summed E-state index contributed by atoms with van der Waals surface area (Å²) in [7, 11) is 1.66. The smallest absolute Gasteiger partial charge is 0.122 e. The number of para-hydroxylation sites is 1. The number of rotatable bonds is 6. The summed E-state index contributed by atoms with van der Waals surface area (Å²) in [6.45, 7) is 2.04. The molecule has 0 radical (unpaired) electrons. The zero-order chi connectivity index (χ0) is 16.1. The van der Waals surface area contributed by atoms with Gasteiger partial charge in [0.1, 0.15) is 5.75 Å². The maximum atomic E-state index is 10.5. The molecule has 0 spiro atoms. The van der Waals surface area contributed by atoms with E-state index < -0.39 is 6.10 Å². The van der Waals surface area contributed by atoms with E-state index in [1.807, 2.05) is 43.3 Å². The van der Waals surface area contributed by atoms with Crippen molar-refractivity contribution in [2.75, 3.05) is 7.11 Å². The van der Waals surface area contributed by atoms with E-state index in [2.05, 4.69) is 0 Å². The lowest BCUT2D eigenvalue weighted by atomic mass is 9.88. The summed E-state index contributed by atoms with van der Waals surface area (Å²) in [5, 5.41) is 11.1. The summed E-state index contributed by atoms with van der Waals surface area (Å²) < 4.78 is 5.37. The van der Waals surface area contributed by atoms with Crippen molar-refractivity contribution < 1.29 is 9.84 Å². The van der Waals surface area contributed by atoms with Gasteiger partial charge in [-0.05, 0) is 41.7 Å². The minimum Gasteiger partial charge on any atom is -0.496 e. The maximum absolute atomic E-state index is 10.5. The average Bonchev–Trinajstić information content (AvgIpc) is 2.54. The first-order valence-corrected chi connectivity index (χ1v) is 7.71. The molecule has 2 aromatic carbocycles. The van der Waals surface area contributed by atoms with Gasteiger partial charge >= 0.3 is 0 Å². The first-order valence-electron chi connectivity index (χ1n) is 7.34. The van der Waals surface area contributed by atoms with Crippen molar-refractivity contribution in [3.8, 4) is 5.75 Å². The Bertz CT molecular complexity index is 600. The van der Waals surface area contributed by atoms with Gasteiger partial charge in [0.05, 0.1) is 13.2 Å². The Kier molecular flexibility index (Phi) is 5.83. The van der Waals surface area contributed by atoms with Gasteiger partial charge in [0, 0.05) is 11.1 Å². The Balaban J connectivity index is 2.08. The largest absolute Gasteiger partial charge is 0.496 e. The van der Waals surface area contributed by atoms with Crippen molar-refractivity contribution in [3.63, 3.8) is 0 Å². The molecule has 3 atom stereocenters. The molecular formula is C18H22ClNO2. The quantitative estimate of drug-likeness (QED) is 0.855. The van der Waals surface area contributed by atoms with E-state index in [0.717, 1.165) is 23.3 Å². The van der Waals surface area contributed by atoms with Crippen molar-refractivity contribution in [2.24, 2.45) is 11.7 Å². The molecule has 0 bridgehead atoms. The zero-order valence-corrected chi connectivity index (χ0v) is 13.6. The van der Waals surface area contributed by atoms with Crippen LogP contribution in [0.1, 0.15) is 24.2 Å². The molecule has 3 nitrogen and oxygen atoms in total. The lowest BCUT2D eigenvalue weighted by Crippen LogP contribution is -2.36. The van der Waals surface area contributed by atoms with Crippen LogP contribution in [-0.4, -0.2) is 18.3 Å². The third kappa shape index (κ3) is 4.01. The van der Waals surface area contributed by atoms with Gasteiger partial charge in [0.25, 0.3) is 0 Å².